The van der Waals surface area contributed by atoms with Gasteiger partial charge in [0.15, 0.2) is 6.04 Å². The molecule has 1 aliphatic heterocycles. The van der Waals surface area contributed by atoms with E-state index in [1.54, 1.807) is 0 Å². The summed E-state index contributed by atoms with van der Waals surface area (Å²) in [5.74, 6) is -0.709. The van der Waals surface area contributed by atoms with Crippen molar-refractivity contribution in [2.75, 3.05) is 32.8 Å². The molecule has 0 aromatic carbocycles. The number of carboxylic acid groups (broad SMARTS) is 1. The van der Waals surface area contributed by atoms with E-state index < -0.39 is 18.0 Å². The van der Waals surface area contributed by atoms with Gasteiger partial charge in [-0.1, -0.05) is 20.8 Å². The smallest absolute Gasteiger partial charge is 0.328 e. The molecule has 132 valence electrons. The summed E-state index contributed by atoms with van der Waals surface area (Å²) < 4.78 is 5.29. The van der Waals surface area contributed by atoms with Crippen molar-refractivity contribution in [1.29, 1.82) is 0 Å². The molecule has 1 heterocycles. The first-order valence-corrected chi connectivity index (χ1v) is 7.91. The molecule has 1 saturated heterocycles. The number of hydrogen-bond donors (Lipinski definition) is 3. The lowest BCUT2D eigenvalue weighted by atomic mass is 9.88. The van der Waals surface area contributed by atoms with E-state index in [4.69, 9.17) is 4.74 Å². The van der Waals surface area contributed by atoms with Gasteiger partial charge in [-0.25, -0.2) is 14.6 Å². The van der Waals surface area contributed by atoms with E-state index >= 15 is 0 Å². The first-order chi connectivity index (χ1) is 10.7. The number of amides is 2. The molecule has 0 spiro atoms. The van der Waals surface area contributed by atoms with Gasteiger partial charge in [-0.3, -0.25) is 5.32 Å². The highest BCUT2D eigenvalue weighted by Gasteiger charge is 2.27. The zero-order valence-electron chi connectivity index (χ0n) is 14.4. The van der Waals surface area contributed by atoms with Crippen LogP contribution >= 0.6 is 0 Å². The minimum absolute atomic E-state index is 0.186. The van der Waals surface area contributed by atoms with E-state index in [-0.39, 0.29) is 11.4 Å². The van der Waals surface area contributed by atoms with Gasteiger partial charge in [0, 0.05) is 19.6 Å². The topological polar surface area (TPSA) is 103 Å². The molecule has 0 saturated carbocycles. The van der Waals surface area contributed by atoms with Crippen LogP contribution in [0, 0.1) is 5.41 Å². The number of aliphatic carboxylic acids is 1. The number of rotatable bonds is 4. The number of morpholine rings is 1. The highest BCUT2D eigenvalue weighted by molar-refractivity contribution is 5.97. The average molecular weight is 328 g/mol. The molecule has 1 rings (SSSR count). The van der Waals surface area contributed by atoms with Crippen molar-refractivity contribution in [1.82, 2.24) is 15.5 Å². The first-order valence-electron chi connectivity index (χ1n) is 7.91. The number of hydrogen-bond acceptors (Lipinski definition) is 4. The van der Waals surface area contributed by atoms with E-state index in [0.717, 1.165) is 0 Å². The maximum Gasteiger partial charge on any atom is 0.328 e. The maximum absolute atomic E-state index is 11.8. The number of guanidine groups is 1. The molecule has 1 aliphatic rings. The number of aliphatic imine (C=N–C) groups is 1. The maximum atomic E-state index is 11.8. The fraction of sp³-hybridized carbons (Fsp3) is 0.800. The Hall–Kier alpha value is -1.83. The van der Waals surface area contributed by atoms with Crippen LogP contribution in [0.5, 0.6) is 0 Å². The van der Waals surface area contributed by atoms with Crippen molar-refractivity contribution in [2.24, 2.45) is 10.4 Å². The van der Waals surface area contributed by atoms with Gasteiger partial charge in [-0.05, 0) is 18.8 Å². The summed E-state index contributed by atoms with van der Waals surface area (Å²) >= 11 is 0. The van der Waals surface area contributed by atoms with Crippen LogP contribution in [0.15, 0.2) is 4.99 Å². The van der Waals surface area contributed by atoms with Gasteiger partial charge in [0.25, 0.3) is 0 Å². The van der Waals surface area contributed by atoms with E-state index in [2.05, 4.69) is 15.6 Å². The van der Waals surface area contributed by atoms with E-state index in [1.165, 1.54) is 0 Å². The van der Waals surface area contributed by atoms with Gasteiger partial charge in [-0.2, -0.15) is 0 Å². The largest absolute Gasteiger partial charge is 0.480 e. The Bertz CT molecular complexity index is 439. The molecule has 23 heavy (non-hydrogen) atoms. The summed E-state index contributed by atoms with van der Waals surface area (Å²) in [4.78, 5) is 29.5. The Kier molecular flexibility index (Phi) is 7.28. The average Bonchev–Trinajstić information content (AvgIpc) is 2.45. The highest BCUT2D eigenvalue weighted by Crippen LogP contribution is 2.22. The predicted octanol–water partition coefficient (Wildman–Crippen LogP) is 0.883. The van der Waals surface area contributed by atoms with E-state index in [9.17, 15) is 14.7 Å². The van der Waals surface area contributed by atoms with Crippen LogP contribution in [0.2, 0.25) is 0 Å². The second kappa shape index (κ2) is 8.71. The second-order valence-electron chi connectivity index (χ2n) is 6.66. The third kappa shape index (κ3) is 7.32. The molecule has 0 aromatic heterocycles. The third-order valence-corrected chi connectivity index (χ3v) is 3.24. The SMILES string of the molecule is CCNC(=O)NC(=NC(CC(C)(C)C)C(=O)O)N1CCOCC1. The van der Waals surface area contributed by atoms with Gasteiger partial charge < -0.3 is 20.1 Å². The number of nitrogens with one attached hydrogen (secondary N) is 2. The zero-order chi connectivity index (χ0) is 17.5. The summed E-state index contributed by atoms with van der Waals surface area (Å²) in [5.41, 5.74) is -0.186. The van der Waals surface area contributed by atoms with Crippen LogP contribution in [-0.4, -0.2) is 66.9 Å². The van der Waals surface area contributed by atoms with Gasteiger partial charge >= 0.3 is 12.0 Å². The molecule has 1 fully saturated rings. The molecule has 0 bridgehead atoms. The lowest BCUT2D eigenvalue weighted by Crippen LogP contribution is -2.52. The number of nitrogens with zero attached hydrogens (tertiary/aromatic N) is 2. The van der Waals surface area contributed by atoms with Crippen LogP contribution in [0.1, 0.15) is 34.1 Å². The summed E-state index contributed by atoms with van der Waals surface area (Å²) in [6, 6.07) is -1.30. The van der Waals surface area contributed by atoms with Crippen LogP contribution in [-0.2, 0) is 9.53 Å². The quantitative estimate of drug-likeness (QED) is 0.525. The summed E-state index contributed by atoms with van der Waals surface area (Å²) in [5, 5.41) is 14.7. The number of urea groups is 1. The lowest BCUT2D eigenvalue weighted by Gasteiger charge is -2.31. The standard InChI is InChI=1S/C15H28N4O4/c1-5-16-14(22)18-13(19-6-8-23-9-7-19)17-11(12(20)21)10-15(2,3)4/h11H,5-10H2,1-4H3,(H,20,21)(H2,16,17,18,22). The zero-order valence-corrected chi connectivity index (χ0v) is 14.4. The number of carbonyl (C=O) groups excluding carboxylic acids is 1. The second-order valence-corrected chi connectivity index (χ2v) is 6.66. The molecule has 2 amide bonds. The van der Waals surface area contributed by atoms with Crippen molar-refractivity contribution < 1.29 is 19.4 Å². The van der Waals surface area contributed by atoms with E-state index in [0.29, 0.717) is 39.3 Å². The molecule has 0 aliphatic carbocycles. The first kappa shape index (κ1) is 19.2. The number of ether oxygens (including phenoxy) is 1. The monoisotopic (exact) mass is 328 g/mol. The molecule has 0 radical (unpaired) electrons. The Labute approximate surface area is 137 Å². The van der Waals surface area contributed by atoms with Gasteiger partial charge in [0.05, 0.1) is 13.2 Å². The van der Waals surface area contributed by atoms with Crippen LogP contribution in [0.3, 0.4) is 0 Å². The molecule has 1 unspecified atom stereocenters. The van der Waals surface area contributed by atoms with Crippen molar-refractivity contribution in [3.8, 4) is 0 Å². The Morgan fingerprint density at radius 2 is 1.91 bits per heavy atom. The third-order valence-electron chi connectivity index (χ3n) is 3.24. The molecular weight excluding hydrogens is 300 g/mol. The normalized spacial score (nSPS) is 17.6. The number of carboxylic acids is 1. The minimum Gasteiger partial charge on any atom is -0.480 e. The highest BCUT2D eigenvalue weighted by atomic mass is 16.5. The van der Waals surface area contributed by atoms with Gasteiger partial charge in [-0.15, -0.1) is 0 Å². The molecule has 1 atom stereocenters. The summed E-state index contributed by atoms with van der Waals surface area (Å²) in [7, 11) is 0. The molecule has 8 heteroatoms. The fourth-order valence-electron chi connectivity index (χ4n) is 2.19. The Balaban J connectivity index is 2.97. The molecule has 0 aromatic rings. The van der Waals surface area contributed by atoms with Gasteiger partial charge in [0.1, 0.15) is 0 Å². The van der Waals surface area contributed by atoms with Crippen molar-refractivity contribution >= 4 is 18.0 Å². The Morgan fingerprint density at radius 1 is 1.30 bits per heavy atom. The minimum atomic E-state index is -0.997. The summed E-state index contributed by atoms with van der Waals surface area (Å²) in [6.45, 7) is 10.3. The van der Waals surface area contributed by atoms with Crippen LogP contribution < -0.4 is 10.6 Å². The predicted molar refractivity (Wildman–Crippen MR) is 87.5 cm³/mol. The lowest BCUT2D eigenvalue weighted by molar-refractivity contribution is -0.139. The molecule has 8 nitrogen and oxygen atoms in total. The van der Waals surface area contributed by atoms with Crippen molar-refractivity contribution in [3.05, 3.63) is 0 Å². The molecule has 3 N–H and O–H groups in total. The van der Waals surface area contributed by atoms with Crippen LogP contribution in [0.4, 0.5) is 4.79 Å². The van der Waals surface area contributed by atoms with Gasteiger partial charge in [0.2, 0.25) is 5.96 Å². The molecular formula is C15H28N4O4. The van der Waals surface area contributed by atoms with Crippen LogP contribution in [0.25, 0.3) is 0 Å². The number of carbonyl (C=O) groups is 2. The Morgan fingerprint density at radius 3 is 2.39 bits per heavy atom. The summed E-state index contributed by atoms with van der Waals surface area (Å²) in [6.07, 6.45) is 0.382. The van der Waals surface area contributed by atoms with E-state index in [1.807, 2.05) is 32.6 Å². The van der Waals surface area contributed by atoms with Crippen molar-refractivity contribution in [3.63, 3.8) is 0 Å². The van der Waals surface area contributed by atoms with Crippen molar-refractivity contribution in [2.45, 2.75) is 40.2 Å². The fourth-order valence-corrected chi connectivity index (χ4v) is 2.19.